The number of aliphatic hydroxyl groups is 1. The van der Waals surface area contributed by atoms with Gasteiger partial charge < -0.3 is 15.2 Å². The van der Waals surface area contributed by atoms with Crippen LogP contribution in [0.15, 0.2) is 12.7 Å². The Morgan fingerprint density at radius 3 is 3.00 bits per heavy atom. The van der Waals surface area contributed by atoms with Gasteiger partial charge in [-0.05, 0) is 13.3 Å². The van der Waals surface area contributed by atoms with Gasteiger partial charge >= 0.3 is 0 Å². The van der Waals surface area contributed by atoms with Crippen LogP contribution in [0.5, 0.6) is 0 Å². The zero-order valence-corrected chi connectivity index (χ0v) is 8.66. The molecule has 2 N–H and O–H groups in total. The van der Waals surface area contributed by atoms with Crippen LogP contribution in [0.25, 0.3) is 0 Å². The zero-order chi connectivity index (χ0) is 10.8. The molecule has 1 atom stereocenters. The van der Waals surface area contributed by atoms with Gasteiger partial charge in [0, 0.05) is 19.1 Å². The third-order valence-corrected chi connectivity index (χ3v) is 1.61. The normalized spacial score (nSPS) is 12.1. The van der Waals surface area contributed by atoms with E-state index in [-0.39, 0.29) is 18.6 Å². The first-order chi connectivity index (χ1) is 6.70. The molecular weight excluding hydrogens is 182 g/mol. The summed E-state index contributed by atoms with van der Waals surface area (Å²) in [6, 6.07) is -0.170. The minimum Gasteiger partial charge on any atom is -0.394 e. The van der Waals surface area contributed by atoms with Crippen LogP contribution in [0.3, 0.4) is 0 Å². The number of hydrogen-bond acceptors (Lipinski definition) is 3. The Bertz CT molecular complexity index is 171. The number of ether oxygens (including phenoxy) is 1. The maximum Gasteiger partial charge on any atom is 0.220 e. The molecule has 82 valence electrons. The molecule has 0 fully saturated rings. The lowest BCUT2D eigenvalue weighted by Gasteiger charge is -2.10. The van der Waals surface area contributed by atoms with Crippen LogP contribution in [0.2, 0.25) is 0 Å². The maximum absolute atomic E-state index is 11.1. The molecule has 0 aliphatic heterocycles. The molecule has 0 aromatic carbocycles. The molecule has 0 saturated carbocycles. The second kappa shape index (κ2) is 8.72. The fourth-order valence-electron chi connectivity index (χ4n) is 0.894. The van der Waals surface area contributed by atoms with Crippen molar-refractivity contribution in [3.05, 3.63) is 12.7 Å². The van der Waals surface area contributed by atoms with Gasteiger partial charge in [0.1, 0.15) is 0 Å². The molecule has 0 heterocycles. The van der Waals surface area contributed by atoms with Crippen molar-refractivity contribution in [2.75, 3.05) is 19.8 Å². The fourth-order valence-corrected chi connectivity index (χ4v) is 0.894. The Morgan fingerprint density at radius 1 is 1.71 bits per heavy atom. The summed E-state index contributed by atoms with van der Waals surface area (Å²) in [5, 5.41) is 11.3. The molecule has 0 bridgehead atoms. The highest BCUT2D eigenvalue weighted by Gasteiger charge is 2.04. The van der Waals surface area contributed by atoms with Crippen LogP contribution >= 0.6 is 0 Å². The molecule has 4 nitrogen and oxygen atoms in total. The second-order valence-corrected chi connectivity index (χ2v) is 3.12. The summed E-state index contributed by atoms with van der Waals surface area (Å²) in [4.78, 5) is 11.1. The van der Waals surface area contributed by atoms with E-state index in [1.54, 1.807) is 13.0 Å². The first-order valence-corrected chi connectivity index (χ1v) is 4.79. The van der Waals surface area contributed by atoms with Gasteiger partial charge in [0.05, 0.1) is 13.2 Å². The van der Waals surface area contributed by atoms with Gasteiger partial charge in [-0.2, -0.15) is 0 Å². The standard InChI is InChI=1S/C10H19NO3/c1-3-6-14-7-4-5-10(13)11-9(2)8-12/h3,9,12H,1,4-8H2,2H3,(H,11,13). The summed E-state index contributed by atoms with van der Waals surface area (Å²) in [5.41, 5.74) is 0. The lowest BCUT2D eigenvalue weighted by molar-refractivity contribution is -0.122. The van der Waals surface area contributed by atoms with Gasteiger partial charge in [-0.3, -0.25) is 4.79 Å². The molecule has 0 saturated heterocycles. The van der Waals surface area contributed by atoms with Crippen molar-refractivity contribution in [3.63, 3.8) is 0 Å². The Labute approximate surface area is 85.0 Å². The average Bonchev–Trinajstić information content (AvgIpc) is 2.17. The number of nitrogens with one attached hydrogen (secondary N) is 1. The van der Waals surface area contributed by atoms with Gasteiger partial charge in [-0.1, -0.05) is 6.08 Å². The van der Waals surface area contributed by atoms with Crippen molar-refractivity contribution < 1.29 is 14.6 Å². The highest BCUT2D eigenvalue weighted by atomic mass is 16.5. The van der Waals surface area contributed by atoms with E-state index in [1.807, 2.05) is 0 Å². The SMILES string of the molecule is C=CCOCCCC(=O)NC(C)CO. The van der Waals surface area contributed by atoms with E-state index in [2.05, 4.69) is 11.9 Å². The first-order valence-electron chi connectivity index (χ1n) is 4.79. The van der Waals surface area contributed by atoms with E-state index in [4.69, 9.17) is 9.84 Å². The van der Waals surface area contributed by atoms with E-state index in [1.165, 1.54) is 0 Å². The highest BCUT2D eigenvalue weighted by molar-refractivity contribution is 5.76. The lowest BCUT2D eigenvalue weighted by atomic mass is 10.3. The molecule has 0 spiro atoms. The third kappa shape index (κ3) is 7.76. The van der Waals surface area contributed by atoms with Crippen molar-refractivity contribution in [3.8, 4) is 0 Å². The van der Waals surface area contributed by atoms with Crippen molar-refractivity contribution in [2.24, 2.45) is 0 Å². The van der Waals surface area contributed by atoms with Gasteiger partial charge in [-0.25, -0.2) is 0 Å². The molecule has 0 aromatic rings. The van der Waals surface area contributed by atoms with Crippen molar-refractivity contribution >= 4 is 5.91 Å². The zero-order valence-electron chi connectivity index (χ0n) is 8.66. The molecular formula is C10H19NO3. The van der Waals surface area contributed by atoms with E-state index in [0.29, 0.717) is 26.1 Å². The summed E-state index contributed by atoms with van der Waals surface area (Å²) < 4.78 is 5.12. The van der Waals surface area contributed by atoms with Gasteiger partial charge in [0.15, 0.2) is 0 Å². The molecule has 0 radical (unpaired) electrons. The Balaban J connectivity index is 3.31. The van der Waals surface area contributed by atoms with Crippen molar-refractivity contribution in [1.82, 2.24) is 5.32 Å². The summed E-state index contributed by atoms with van der Waals surface area (Å²) >= 11 is 0. The number of carbonyl (C=O) groups is 1. The van der Waals surface area contributed by atoms with Crippen LogP contribution in [0.1, 0.15) is 19.8 Å². The summed E-state index contributed by atoms with van der Waals surface area (Å²) in [7, 11) is 0. The Kier molecular flexibility index (Phi) is 8.17. The van der Waals surface area contributed by atoms with Crippen molar-refractivity contribution in [1.29, 1.82) is 0 Å². The Morgan fingerprint density at radius 2 is 2.43 bits per heavy atom. The quantitative estimate of drug-likeness (QED) is 0.443. The molecule has 4 heteroatoms. The molecule has 14 heavy (non-hydrogen) atoms. The predicted molar refractivity (Wildman–Crippen MR) is 54.9 cm³/mol. The minimum absolute atomic E-state index is 0.0291. The number of hydrogen-bond donors (Lipinski definition) is 2. The number of aliphatic hydroxyl groups excluding tert-OH is 1. The average molecular weight is 201 g/mol. The van der Waals surface area contributed by atoms with E-state index in [9.17, 15) is 4.79 Å². The Hall–Kier alpha value is -0.870. The molecule has 1 unspecified atom stereocenters. The van der Waals surface area contributed by atoms with Crippen LogP contribution in [-0.4, -0.2) is 36.9 Å². The lowest BCUT2D eigenvalue weighted by Crippen LogP contribution is -2.34. The number of carbonyl (C=O) groups excluding carboxylic acids is 1. The molecule has 0 aliphatic carbocycles. The topological polar surface area (TPSA) is 58.6 Å². The largest absolute Gasteiger partial charge is 0.394 e. The molecule has 0 rings (SSSR count). The van der Waals surface area contributed by atoms with Crippen LogP contribution in [0.4, 0.5) is 0 Å². The first kappa shape index (κ1) is 13.1. The number of rotatable bonds is 8. The van der Waals surface area contributed by atoms with E-state index in [0.717, 1.165) is 0 Å². The predicted octanol–water partition coefficient (Wildman–Crippen LogP) is 0.466. The molecule has 0 aromatic heterocycles. The third-order valence-electron chi connectivity index (χ3n) is 1.61. The molecule has 0 aliphatic rings. The fraction of sp³-hybridized carbons (Fsp3) is 0.700. The van der Waals surface area contributed by atoms with Crippen LogP contribution < -0.4 is 5.32 Å². The second-order valence-electron chi connectivity index (χ2n) is 3.12. The highest BCUT2D eigenvalue weighted by Crippen LogP contribution is 1.91. The minimum atomic E-state index is -0.170. The number of amides is 1. The summed E-state index contributed by atoms with van der Waals surface area (Å²) in [6.45, 7) is 6.32. The van der Waals surface area contributed by atoms with Gasteiger partial charge in [0.2, 0.25) is 5.91 Å². The van der Waals surface area contributed by atoms with Gasteiger partial charge in [0.25, 0.3) is 0 Å². The smallest absolute Gasteiger partial charge is 0.220 e. The monoisotopic (exact) mass is 201 g/mol. The summed E-state index contributed by atoms with van der Waals surface area (Å²) in [5.74, 6) is -0.0475. The van der Waals surface area contributed by atoms with Crippen LogP contribution in [-0.2, 0) is 9.53 Å². The van der Waals surface area contributed by atoms with E-state index < -0.39 is 0 Å². The summed E-state index contributed by atoms with van der Waals surface area (Å²) in [6.07, 6.45) is 2.80. The van der Waals surface area contributed by atoms with Gasteiger partial charge in [-0.15, -0.1) is 6.58 Å². The maximum atomic E-state index is 11.1. The van der Waals surface area contributed by atoms with E-state index >= 15 is 0 Å². The van der Waals surface area contributed by atoms with Crippen molar-refractivity contribution in [2.45, 2.75) is 25.8 Å². The van der Waals surface area contributed by atoms with Crippen LogP contribution in [0, 0.1) is 0 Å². The molecule has 1 amide bonds.